The van der Waals surface area contributed by atoms with Crippen molar-refractivity contribution in [1.82, 2.24) is 19.9 Å². The molecule has 3 aliphatic rings. The van der Waals surface area contributed by atoms with Crippen LogP contribution in [0.3, 0.4) is 0 Å². The molecule has 2 atom stereocenters. The van der Waals surface area contributed by atoms with Gasteiger partial charge in [0.1, 0.15) is 41.4 Å². The Kier molecular flexibility index (Phi) is 9.41. The summed E-state index contributed by atoms with van der Waals surface area (Å²) in [5, 5.41) is 1.06. The molecule has 0 aliphatic carbocycles. The van der Waals surface area contributed by atoms with Gasteiger partial charge in [0.25, 0.3) is 0 Å². The zero-order valence-electron chi connectivity index (χ0n) is 28.9. The van der Waals surface area contributed by atoms with Crippen LogP contribution in [-0.4, -0.2) is 90.3 Å². The first-order chi connectivity index (χ1) is 24.5. The Morgan fingerprint density at radius 2 is 1.96 bits per heavy atom. The summed E-state index contributed by atoms with van der Waals surface area (Å²) in [6.07, 6.45) is 9.13. The smallest absolute Gasteiger partial charge is 0.319 e. The molecule has 0 amide bonds. The van der Waals surface area contributed by atoms with Crippen molar-refractivity contribution in [3.8, 4) is 35.4 Å². The van der Waals surface area contributed by atoms with Crippen molar-refractivity contribution in [2.45, 2.75) is 58.2 Å². The molecule has 3 saturated heterocycles. The average molecular weight is 704 g/mol. The largest absolute Gasteiger partial charge is 0.461 e. The van der Waals surface area contributed by atoms with Gasteiger partial charge in [-0.05, 0) is 70.2 Å². The van der Waals surface area contributed by atoms with Crippen molar-refractivity contribution in [3.63, 3.8) is 0 Å². The minimum absolute atomic E-state index is 0.0415. The first kappa shape index (κ1) is 34.8. The molecule has 268 valence electrons. The number of alkyl halides is 1. The number of anilines is 1. The predicted molar refractivity (Wildman–Crippen MR) is 185 cm³/mol. The molecule has 0 unspecified atom stereocenters. The van der Waals surface area contributed by atoms with Crippen molar-refractivity contribution >= 4 is 33.5 Å². The van der Waals surface area contributed by atoms with E-state index in [4.69, 9.17) is 30.4 Å². The van der Waals surface area contributed by atoms with E-state index in [1.807, 2.05) is 4.90 Å². The van der Waals surface area contributed by atoms with Gasteiger partial charge < -0.3 is 23.8 Å². The molecule has 0 spiro atoms. The van der Waals surface area contributed by atoms with Gasteiger partial charge in [0.2, 0.25) is 6.79 Å². The number of nitrogens with zero attached hydrogens (tertiary/aromatic N) is 5. The Morgan fingerprint density at radius 3 is 2.76 bits per heavy atom. The first-order valence-electron chi connectivity index (χ1n) is 17.2. The lowest BCUT2D eigenvalue weighted by atomic mass is 9.95. The lowest BCUT2D eigenvalue weighted by Crippen LogP contribution is -2.43. The van der Waals surface area contributed by atoms with Crippen LogP contribution in [0.25, 0.3) is 32.9 Å². The number of halogens is 3. The monoisotopic (exact) mass is 703 g/mol. The van der Waals surface area contributed by atoms with Gasteiger partial charge in [-0.2, -0.15) is 9.97 Å². The third kappa shape index (κ3) is 6.74. The highest BCUT2D eigenvalue weighted by Gasteiger charge is 2.49. The molecule has 51 heavy (non-hydrogen) atoms. The Balaban J connectivity index is 1.34. The van der Waals surface area contributed by atoms with Crippen molar-refractivity contribution < 1.29 is 36.9 Å². The normalized spacial score (nSPS) is 21.0. The van der Waals surface area contributed by atoms with Crippen molar-refractivity contribution in [2.24, 2.45) is 5.41 Å². The standard InChI is InChI=1S/C38H40F3N5O5/c1-5-26-29(40)9-8-23-16-25(50-22-51-35(47)37(2,3)4)17-27(30(23)26)32-31(41)33-28(19-42-32)34(45-11-7-14-48-15-13-45)44-36(43-33)49-21-38-10-6-12-46(38)20-24(39)18-38/h1,8-9,16-17,19,24H,6-7,10-15,18,20-22H2,2-4H3/t24-,38+/m1/s1. The maximum atomic E-state index is 17.1. The van der Waals surface area contributed by atoms with E-state index in [0.29, 0.717) is 55.9 Å². The van der Waals surface area contributed by atoms with Gasteiger partial charge in [-0.1, -0.05) is 12.0 Å². The highest BCUT2D eigenvalue weighted by atomic mass is 19.1. The highest BCUT2D eigenvalue weighted by Crippen LogP contribution is 2.42. The Morgan fingerprint density at radius 1 is 1.12 bits per heavy atom. The molecule has 10 nitrogen and oxygen atoms in total. The van der Waals surface area contributed by atoms with Gasteiger partial charge in [0.05, 0.1) is 28.5 Å². The molecule has 4 aromatic rings. The summed E-state index contributed by atoms with van der Waals surface area (Å²) in [5.74, 6) is 1.12. The van der Waals surface area contributed by atoms with Crippen LogP contribution >= 0.6 is 0 Å². The van der Waals surface area contributed by atoms with Crippen molar-refractivity contribution in [3.05, 3.63) is 47.7 Å². The fraction of sp³-hybridized carbons (Fsp3) is 0.474. The molecule has 5 heterocycles. The predicted octanol–water partition coefficient (Wildman–Crippen LogP) is 6.21. The number of pyridine rings is 1. The van der Waals surface area contributed by atoms with Gasteiger partial charge in [0.15, 0.2) is 5.82 Å². The van der Waals surface area contributed by atoms with E-state index in [9.17, 15) is 9.18 Å². The molecular formula is C38H40F3N5O5. The van der Waals surface area contributed by atoms with E-state index < -0.39 is 41.5 Å². The van der Waals surface area contributed by atoms with E-state index in [1.165, 1.54) is 24.4 Å². The average Bonchev–Trinajstić information content (AvgIpc) is 3.48. The zero-order chi connectivity index (χ0) is 35.9. The summed E-state index contributed by atoms with van der Waals surface area (Å²) in [5.41, 5.74) is -1.34. The summed E-state index contributed by atoms with van der Waals surface area (Å²) >= 11 is 0. The van der Waals surface area contributed by atoms with Crippen molar-refractivity contribution in [2.75, 3.05) is 57.7 Å². The number of carbonyl (C=O) groups excluding carboxylic acids is 1. The molecule has 13 heteroatoms. The summed E-state index contributed by atoms with van der Waals surface area (Å²) in [4.78, 5) is 30.3. The molecule has 2 aromatic carbocycles. The van der Waals surface area contributed by atoms with E-state index in [1.54, 1.807) is 26.8 Å². The highest BCUT2D eigenvalue weighted by molar-refractivity contribution is 6.03. The molecule has 2 aromatic heterocycles. The summed E-state index contributed by atoms with van der Waals surface area (Å²) in [6, 6.07) is 5.78. The minimum atomic E-state index is -0.942. The second-order valence-corrected chi connectivity index (χ2v) is 14.4. The number of hydrogen-bond donors (Lipinski definition) is 0. The quantitative estimate of drug-likeness (QED) is 0.120. The Labute approximate surface area is 294 Å². The Bertz CT molecular complexity index is 2020. The number of benzene rings is 2. The second kappa shape index (κ2) is 13.8. The topological polar surface area (TPSA) is 99.1 Å². The minimum Gasteiger partial charge on any atom is -0.461 e. The third-order valence-electron chi connectivity index (χ3n) is 9.86. The first-order valence-corrected chi connectivity index (χ1v) is 17.2. The van der Waals surface area contributed by atoms with Crippen LogP contribution in [-0.2, 0) is 14.3 Å². The number of rotatable bonds is 8. The van der Waals surface area contributed by atoms with Gasteiger partial charge >= 0.3 is 12.0 Å². The zero-order valence-corrected chi connectivity index (χ0v) is 28.9. The van der Waals surface area contributed by atoms with Gasteiger partial charge in [-0.3, -0.25) is 14.7 Å². The van der Waals surface area contributed by atoms with Crippen LogP contribution in [0.5, 0.6) is 11.8 Å². The maximum absolute atomic E-state index is 17.1. The Hall–Kier alpha value is -4.67. The number of esters is 1. The van der Waals surface area contributed by atoms with Crippen LogP contribution < -0.4 is 14.4 Å². The van der Waals surface area contributed by atoms with Crippen LogP contribution in [0, 0.1) is 29.4 Å². The van der Waals surface area contributed by atoms with Crippen LogP contribution in [0.2, 0.25) is 0 Å². The lowest BCUT2D eigenvalue weighted by molar-refractivity contribution is -0.159. The molecule has 7 rings (SSSR count). The number of fused-ring (bicyclic) bond motifs is 3. The molecule has 3 aliphatic heterocycles. The van der Waals surface area contributed by atoms with Gasteiger partial charge in [-0.25, -0.2) is 13.2 Å². The maximum Gasteiger partial charge on any atom is 0.319 e. The van der Waals surface area contributed by atoms with E-state index in [0.717, 1.165) is 25.8 Å². The van der Waals surface area contributed by atoms with E-state index in [-0.39, 0.29) is 46.1 Å². The third-order valence-corrected chi connectivity index (χ3v) is 9.86. The molecule has 0 radical (unpaired) electrons. The fourth-order valence-electron chi connectivity index (χ4n) is 7.31. The summed E-state index contributed by atoms with van der Waals surface area (Å²) in [7, 11) is 0. The summed E-state index contributed by atoms with van der Waals surface area (Å²) < 4.78 is 69.7. The number of ether oxygens (including phenoxy) is 4. The number of carbonyl (C=O) groups is 1. The van der Waals surface area contributed by atoms with E-state index in [2.05, 4.69) is 20.8 Å². The van der Waals surface area contributed by atoms with Crippen LogP contribution in [0.15, 0.2) is 30.5 Å². The second-order valence-electron chi connectivity index (χ2n) is 14.4. The number of hydrogen-bond acceptors (Lipinski definition) is 10. The van der Waals surface area contributed by atoms with Gasteiger partial charge in [-0.15, -0.1) is 6.42 Å². The SMILES string of the molecule is C#Cc1c(F)ccc2cc(OCOC(=O)C(C)(C)C)cc(-c3ncc4c(N5CCCOCC5)nc(OC[C@@]56CCCN5C[C@H](F)C6)nc4c3F)c12. The number of terminal acetylenes is 1. The molecule has 0 saturated carbocycles. The lowest BCUT2D eigenvalue weighted by Gasteiger charge is -2.31. The van der Waals surface area contributed by atoms with E-state index >= 15 is 8.78 Å². The van der Waals surface area contributed by atoms with Crippen LogP contribution in [0.4, 0.5) is 19.0 Å². The molecular weight excluding hydrogens is 663 g/mol. The van der Waals surface area contributed by atoms with Crippen LogP contribution in [0.1, 0.15) is 52.0 Å². The van der Waals surface area contributed by atoms with Gasteiger partial charge in [0, 0.05) is 49.8 Å². The molecule has 0 bridgehead atoms. The number of aromatic nitrogens is 3. The molecule has 0 N–H and O–H groups in total. The van der Waals surface area contributed by atoms with Crippen molar-refractivity contribution in [1.29, 1.82) is 0 Å². The fourth-order valence-corrected chi connectivity index (χ4v) is 7.31. The molecule has 3 fully saturated rings. The summed E-state index contributed by atoms with van der Waals surface area (Å²) in [6.45, 7) is 8.21.